The van der Waals surface area contributed by atoms with Gasteiger partial charge in [-0.15, -0.1) is 5.10 Å². The normalized spacial score (nSPS) is 16.6. The third-order valence-electron chi connectivity index (χ3n) is 5.76. The minimum Gasteiger partial charge on any atom is -0.445 e. The summed E-state index contributed by atoms with van der Waals surface area (Å²) in [4.78, 5) is 52.7. The molecule has 1 fully saturated rings. The van der Waals surface area contributed by atoms with Crippen molar-refractivity contribution in [2.24, 2.45) is 5.92 Å². The molecule has 3 atom stereocenters. The van der Waals surface area contributed by atoms with Crippen molar-refractivity contribution < 1.29 is 23.9 Å². The number of aromatic amines is 1. The van der Waals surface area contributed by atoms with Crippen LogP contribution in [0.25, 0.3) is 0 Å². The zero-order valence-electron chi connectivity index (χ0n) is 21.0. The predicted molar refractivity (Wildman–Crippen MR) is 141 cm³/mol. The third-order valence-corrected chi connectivity index (χ3v) is 6.76. The second-order valence-electron chi connectivity index (χ2n) is 9.22. The van der Waals surface area contributed by atoms with Crippen molar-refractivity contribution in [1.29, 1.82) is 0 Å². The van der Waals surface area contributed by atoms with Gasteiger partial charge in [0.05, 0.1) is 0 Å². The molecule has 0 bridgehead atoms. The molecule has 0 saturated carbocycles. The van der Waals surface area contributed by atoms with Gasteiger partial charge in [-0.2, -0.15) is 0 Å². The molecule has 4 amide bonds. The fraction of sp³-hybridized carbons (Fsp3) is 0.500. The van der Waals surface area contributed by atoms with Crippen molar-refractivity contribution in [3.05, 3.63) is 39.8 Å². The van der Waals surface area contributed by atoms with Crippen LogP contribution >= 0.6 is 23.6 Å². The molecule has 37 heavy (non-hydrogen) atoms. The molecule has 0 radical (unpaired) electrons. The Bertz CT molecular complexity index is 1150. The topological polar surface area (TPSA) is 146 Å². The van der Waals surface area contributed by atoms with E-state index in [0.29, 0.717) is 34.9 Å². The lowest BCUT2D eigenvalue weighted by atomic mass is 10.0. The highest BCUT2D eigenvalue weighted by atomic mass is 32.1. The van der Waals surface area contributed by atoms with Gasteiger partial charge in [0, 0.05) is 6.54 Å². The number of hydrogen-bond acceptors (Lipinski definition) is 8. The Kier molecular flexibility index (Phi) is 10.1. The van der Waals surface area contributed by atoms with Gasteiger partial charge in [-0.1, -0.05) is 55.5 Å². The number of amides is 4. The van der Waals surface area contributed by atoms with E-state index in [2.05, 4.69) is 26.1 Å². The van der Waals surface area contributed by atoms with Crippen molar-refractivity contribution in [3.8, 4) is 0 Å². The number of rotatable bonds is 10. The van der Waals surface area contributed by atoms with E-state index in [1.807, 2.05) is 44.2 Å². The Hall–Kier alpha value is -3.32. The monoisotopic (exact) mass is 548 g/mol. The Morgan fingerprint density at radius 3 is 2.54 bits per heavy atom. The fourth-order valence-electron chi connectivity index (χ4n) is 3.91. The van der Waals surface area contributed by atoms with Gasteiger partial charge in [0.15, 0.2) is 3.95 Å². The largest absolute Gasteiger partial charge is 0.445 e. The molecule has 1 aliphatic rings. The van der Waals surface area contributed by atoms with Crippen LogP contribution in [0, 0.1) is 9.87 Å². The molecule has 0 aliphatic carbocycles. The summed E-state index contributed by atoms with van der Waals surface area (Å²) in [5.74, 6) is -1.30. The molecule has 13 heteroatoms. The number of likely N-dealkylation sites (tertiary alicyclic amines) is 1. The molecule has 200 valence electrons. The molecule has 0 spiro atoms. The van der Waals surface area contributed by atoms with Gasteiger partial charge >= 0.3 is 6.09 Å². The Labute approximate surface area is 224 Å². The number of carbonyl (C=O) groups is 4. The first kappa shape index (κ1) is 28.3. The maximum absolute atomic E-state index is 13.2. The molecular formula is C24H32N6O5S2. The number of ether oxygens (including phenoxy) is 1. The standard InChI is InChI=1S/C24H32N6O5S2/c1-14(2)12-17(20(32)25-15(3)19(31)27-22-28-29-23(36)37-22)26-21(33)18-10-7-11-30(18)24(34)35-13-16-8-5-4-6-9-16/h4-6,8-9,14-15,17-18H,7,10-13H2,1-3H3,(H,25,32)(H,26,33)(H,29,36)(H,27,28,31). The summed E-state index contributed by atoms with van der Waals surface area (Å²) in [6.45, 7) is 5.89. The van der Waals surface area contributed by atoms with Gasteiger partial charge < -0.3 is 15.4 Å². The van der Waals surface area contributed by atoms with Crippen molar-refractivity contribution in [1.82, 2.24) is 25.7 Å². The highest BCUT2D eigenvalue weighted by molar-refractivity contribution is 7.73. The first-order valence-corrected chi connectivity index (χ1v) is 13.3. The minimum atomic E-state index is -0.882. The molecular weight excluding hydrogens is 516 g/mol. The minimum absolute atomic E-state index is 0.0898. The van der Waals surface area contributed by atoms with Gasteiger partial charge in [0.25, 0.3) is 0 Å². The molecule has 1 aromatic carbocycles. The molecule has 1 saturated heterocycles. The summed E-state index contributed by atoms with van der Waals surface area (Å²) in [5, 5.41) is 14.8. The fourth-order valence-corrected chi connectivity index (χ4v) is 4.70. The Morgan fingerprint density at radius 2 is 1.89 bits per heavy atom. The lowest BCUT2D eigenvalue weighted by Gasteiger charge is -2.27. The van der Waals surface area contributed by atoms with Crippen LogP contribution in [0.2, 0.25) is 0 Å². The summed E-state index contributed by atoms with van der Waals surface area (Å²) in [7, 11) is 0. The van der Waals surface area contributed by atoms with Gasteiger partial charge in [0.1, 0.15) is 24.7 Å². The van der Waals surface area contributed by atoms with E-state index in [-0.39, 0.29) is 12.5 Å². The van der Waals surface area contributed by atoms with Crippen LogP contribution in [0.4, 0.5) is 9.93 Å². The number of anilines is 1. The second kappa shape index (κ2) is 13.3. The van der Waals surface area contributed by atoms with E-state index in [1.165, 1.54) is 11.8 Å². The smallest absolute Gasteiger partial charge is 0.410 e. The number of H-pyrrole nitrogens is 1. The van der Waals surface area contributed by atoms with Crippen LogP contribution in [0.15, 0.2) is 30.3 Å². The summed E-state index contributed by atoms with van der Waals surface area (Å²) >= 11 is 6.05. The van der Waals surface area contributed by atoms with Crippen LogP contribution in [0.3, 0.4) is 0 Å². The Morgan fingerprint density at radius 1 is 1.16 bits per heavy atom. The summed E-state index contributed by atoms with van der Waals surface area (Å²) in [5.41, 5.74) is 0.848. The van der Waals surface area contributed by atoms with Crippen molar-refractivity contribution in [3.63, 3.8) is 0 Å². The molecule has 3 unspecified atom stereocenters. The number of benzene rings is 1. The van der Waals surface area contributed by atoms with E-state index >= 15 is 0 Å². The van der Waals surface area contributed by atoms with Gasteiger partial charge in [-0.05, 0) is 49.9 Å². The van der Waals surface area contributed by atoms with Crippen LogP contribution in [0.5, 0.6) is 0 Å². The molecule has 2 heterocycles. The average molecular weight is 549 g/mol. The highest BCUT2D eigenvalue weighted by Gasteiger charge is 2.37. The van der Waals surface area contributed by atoms with E-state index < -0.39 is 41.9 Å². The predicted octanol–water partition coefficient (Wildman–Crippen LogP) is 2.98. The van der Waals surface area contributed by atoms with Gasteiger partial charge in [-0.25, -0.2) is 4.79 Å². The number of hydrogen-bond donors (Lipinski definition) is 4. The van der Waals surface area contributed by atoms with Crippen molar-refractivity contribution in [2.75, 3.05) is 11.9 Å². The SMILES string of the molecule is CC(C)CC(NC(=O)C1CCCN1C(=O)OCc1ccccc1)C(=O)NC(C)C(=O)Nc1n[nH]c(=S)s1. The second-order valence-corrected chi connectivity index (χ2v) is 10.9. The van der Waals surface area contributed by atoms with Crippen LogP contribution in [0.1, 0.15) is 45.6 Å². The van der Waals surface area contributed by atoms with E-state index in [1.54, 1.807) is 0 Å². The number of nitrogens with one attached hydrogen (secondary N) is 4. The van der Waals surface area contributed by atoms with Crippen LogP contribution in [-0.4, -0.2) is 63.6 Å². The molecule has 1 aromatic heterocycles. The Balaban J connectivity index is 1.58. The third kappa shape index (κ3) is 8.35. The molecule has 2 aromatic rings. The maximum Gasteiger partial charge on any atom is 0.410 e. The molecule has 11 nitrogen and oxygen atoms in total. The summed E-state index contributed by atoms with van der Waals surface area (Å²) < 4.78 is 5.82. The first-order valence-electron chi connectivity index (χ1n) is 12.1. The van der Waals surface area contributed by atoms with E-state index in [4.69, 9.17) is 17.0 Å². The zero-order valence-corrected chi connectivity index (χ0v) is 22.6. The quantitative estimate of drug-likeness (QED) is 0.334. The lowest BCUT2D eigenvalue weighted by Crippen LogP contribution is -2.55. The van der Waals surface area contributed by atoms with E-state index in [0.717, 1.165) is 16.9 Å². The van der Waals surface area contributed by atoms with Crippen LogP contribution in [-0.2, 0) is 25.7 Å². The molecule has 3 rings (SSSR count). The highest BCUT2D eigenvalue weighted by Crippen LogP contribution is 2.20. The zero-order chi connectivity index (χ0) is 26.9. The van der Waals surface area contributed by atoms with Crippen molar-refractivity contribution in [2.45, 2.75) is 64.8 Å². The summed E-state index contributed by atoms with van der Waals surface area (Å²) in [6, 6.07) is 6.79. The van der Waals surface area contributed by atoms with Gasteiger partial charge in [0.2, 0.25) is 22.9 Å². The van der Waals surface area contributed by atoms with Gasteiger partial charge in [-0.3, -0.25) is 29.7 Å². The lowest BCUT2D eigenvalue weighted by molar-refractivity contribution is -0.132. The maximum atomic E-state index is 13.2. The van der Waals surface area contributed by atoms with E-state index in [9.17, 15) is 19.2 Å². The number of aromatic nitrogens is 2. The molecule has 1 aliphatic heterocycles. The molecule has 4 N–H and O–H groups in total. The summed E-state index contributed by atoms with van der Waals surface area (Å²) in [6.07, 6.45) is 0.907. The van der Waals surface area contributed by atoms with Crippen molar-refractivity contribution >= 4 is 52.5 Å². The number of carbonyl (C=O) groups excluding carboxylic acids is 4. The number of nitrogens with zero attached hydrogens (tertiary/aromatic N) is 2. The first-order chi connectivity index (χ1) is 17.6. The average Bonchev–Trinajstić information content (AvgIpc) is 3.51. The van der Waals surface area contributed by atoms with Crippen LogP contribution < -0.4 is 16.0 Å².